The molecule has 2 aromatic carbocycles. The van der Waals surface area contributed by atoms with Crippen LogP contribution in [0.15, 0.2) is 53.8 Å². The first-order valence-electron chi connectivity index (χ1n) is 8.66. The lowest BCUT2D eigenvalue weighted by Crippen LogP contribution is -2.33. The Morgan fingerprint density at radius 1 is 1.04 bits per heavy atom. The Kier molecular flexibility index (Phi) is 3.21. The van der Waals surface area contributed by atoms with Gasteiger partial charge in [0.15, 0.2) is 0 Å². The maximum absolute atomic E-state index is 13.3. The van der Waals surface area contributed by atoms with Crippen molar-refractivity contribution in [2.24, 2.45) is 18.1 Å². The molecule has 1 saturated heterocycles. The van der Waals surface area contributed by atoms with Gasteiger partial charge in [0.05, 0.1) is 11.4 Å². The number of carbonyl (C=O) groups is 2. The Bertz CT molecular complexity index is 1140. The highest BCUT2D eigenvalue weighted by Crippen LogP contribution is 2.38. The summed E-state index contributed by atoms with van der Waals surface area (Å²) in [4.78, 5) is 32.9. The summed E-state index contributed by atoms with van der Waals surface area (Å²) in [5.41, 5.74) is 2.50. The van der Waals surface area contributed by atoms with Crippen LogP contribution in [0, 0.1) is 12.8 Å². The van der Waals surface area contributed by atoms with E-state index in [-0.39, 0.29) is 11.8 Å². The van der Waals surface area contributed by atoms with E-state index in [1.807, 2.05) is 43.3 Å². The zero-order valence-corrected chi connectivity index (χ0v) is 14.8. The minimum atomic E-state index is -0.925. The summed E-state index contributed by atoms with van der Waals surface area (Å²) in [6.07, 6.45) is 0.865. The van der Waals surface area contributed by atoms with Crippen molar-refractivity contribution in [2.45, 2.75) is 13.0 Å². The number of oxime groups is 1. The highest BCUT2D eigenvalue weighted by Gasteiger charge is 2.56. The van der Waals surface area contributed by atoms with Gasteiger partial charge in [-0.2, -0.15) is 5.10 Å². The molecule has 0 bridgehead atoms. The van der Waals surface area contributed by atoms with E-state index in [1.165, 1.54) is 4.90 Å². The molecule has 0 radical (unpaired) electrons. The van der Waals surface area contributed by atoms with Gasteiger partial charge in [-0.05, 0) is 18.4 Å². The van der Waals surface area contributed by atoms with Gasteiger partial charge in [-0.15, -0.1) is 0 Å². The minimum Gasteiger partial charge on any atom is -0.381 e. The van der Waals surface area contributed by atoms with Crippen molar-refractivity contribution in [1.82, 2.24) is 9.78 Å². The molecule has 134 valence electrons. The van der Waals surface area contributed by atoms with Crippen LogP contribution in [0.2, 0.25) is 0 Å². The van der Waals surface area contributed by atoms with E-state index < -0.39 is 12.0 Å². The number of nitrogens with zero attached hydrogens (tertiary/aromatic N) is 4. The zero-order chi connectivity index (χ0) is 18.7. The topological polar surface area (TPSA) is 76.8 Å². The molecule has 0 spiro atoms. The first-order chi connectivity index (χ1) is 13.1. The number of hydrogen-bond donors (Lipinski definition) is 0. The van der Waals surface area contributed by atoms with Gasteiger partial charge >= 0.3 is 0 Å². The van der Waals surface area contributed by atoms with Crippen molar-refractivity contribution in [3.63, 3.8) is 0 Å². The van der Waals surface area contributed by atoms with Crippen LogP contribution in [0.3, 0.4) is 0 Å². The SMILES string of the molecule is Cc1nn(C)cc1C1=NO[C@@H]2C(=O)N(c3cccc4ccccc34)C(=O)[C@@H]12. The summed E-state index contributed by atoms with van der Waals surface area (Å²) >= 11 is 0. The van der Waals surface area contributed by atoms with Crippen LogP contribution in [0.1, 0.15) is 11.3 Å². The second-order valence-corrected chi connectivity index (χ2v) is 6.79. The number of carbonyl (C=O) groups excluding carboxylic acids is 2. The van der Waals surface area contributed by atoms with Gasteiger partial charge < -0.3 is 4.84 Å². The van der Waals surface area contributed by atoms with E-state index in [4.69, 9.17) is 4.84 Å². The fraction of sp³-hybridized carbons (Fsp3) is 0.200. The predicted octanol–water partition coefficient (Wildman–Crippen LogP) is 2.17. The molecule has 3 heterocycles. The molecule has 0 N–H and O–H groups in total. The molecule has 27 heavy (non-hydrogen) atoms. The number of aromatic nitrogens is 2. The fourth-order valence-corrected chi connectivity index (χ4v) is 3.89. The van der Waals surface area contributed by atoms with Crippen LogP contribution in [0.4, 0.5) is 5.69 Å². The van der Waals surface area contributed by atoms with Gasteiger partial charge in [0.2, 0.25) is 12.0 Å². The van der Waals surface area contributed by atoms with E-state index in [0.717, 1.165) is 22.0 Å². The Morgan fingerprint density at radius 3 is 2.59 bits per heavy atom. The van der Waals surface area contributed by atoms with Crippen LogP contribution < -0.4 is 4.90 Å². The maximum atomic E-state index is 13.3. The first kappa shape index (κ1) is 15.7. The second kappa shape index (κ2) is 5.51. The van der Waals surface area contributed by atoms with Crippen molar-refractivity contribution < 1.29 is 14.4 Å². The normalized spacial score (nSPS) is 21.6. The quantitative estimate of drug-likeness (QED) is 0.657. The summed E-state index contributed by atoms with van der Waals surface area (Å²) in [5.74, 6) is -1.46. The van der Waals surface area contributed by atoms with E-state index >= 15 is 0 Å². The molecule has 0 saturated carbocycles. The molecular formula is C20H16N4O3. The Hall–Kier alpha value is -3.48. The molecule has 7 nitrogen and oxygen atoms in total. The molecule has 5 rings (SSSR count). The van der Waals surface area contributed by atoms with Crippen molar-refractivity contribution in [1.29, 1.82) is 0 Å². The van der Waals surface area contributed by atoms with E-state index in [1.54, 1.807) is 24.0 Å². The number of fused-ring (bicyclic) bond motifs is 2. The average Bonchev–Trinajstić information content (AvgIpc) is 3.30. The van der Waals surface area contributed by atoms with E-state index in [9.17, 15) is 9.59 Å². The van der Waals surface area contributed by atoms with Crippen molar-refractivity contribution in [3.05, 3.63) is 59.9 Å². The molecule has 3 aromatic rings. The third-order valence-corrected chi connectivity index (χ3v) is 5.11. The lowest BCUT2D eigenvalue weighted by Gasteiger charge is -2.17. The highest BCUT2D eigenvalue weighted by atomic mass is 16.6. The molecule has 2 aliphatic rings. The van der Waals surface area contributed by atoms with Gasteiger partial charge in [-0.1, -0.05) is 41.6 Å². The number of anilines is 1. The molecule has 1 fully saturated rings. The Balaban J connectivity index is 1.60. The van der Waals surface area contributed by atoms with E-state index in [2.05, 4.69) is 10.3 Å². The zero-order valence-electron chi connectivity index (χ0n) is 14.8. The number of hydrogen-bond acceptors (Lipinski definition) is 5. The summed E-state index contributed by atoms with van der Waals surface area (Å²) in [7, 11) is 1.80. The summed E-state index contributed by atoms with van der Waals surface area (Å²) in [6, 6.07) is 13.2. The van der Waals surface area contributed by atoms with Gasteiger partial charge in [0.25, 0.3) is 5.91 Å². The van der Waals surface area contributed by atoms with Crippen LogP contribution in [0.5, 0.6) is 0 Å². The first-order valence-corrected chi connectivity index (χ1v) is 8.66. The largest absolute Gasteiger partial charge is 0.381 e. The summed E-state index contributed by atoms with van der Waals surface area (Å²) < 4.78 is 1.66. The smallest absolute Gasteiger partial charge is 0.278 e. The van der Waals surface area contributed by atoms with Crippen LogP contribution in [0.25, 0.3) is 10.8 Å². The predicted molar refractivity (Wildman–Crippen MR) is 99.3 cm³/mol. The van der Waals surface area contributed by atoms with Crippen LogP contribution in [-0.2, 0) is 21.5 Å². The third kappa shape index (κ3) is 2.14. The second-order valence-electron chi connectivity index (χ2n) is 6.79. The standard InChI is InChI=1S/C20H16N4O3/c1-11-14(10-23(2)21-11)17-16-18(27-22-17)20(26)24(19(16)25)15-9-5-7-12-6-3-4-8-13(12)15/h3-10,16,18H,1-2H3/t16-,18-/m0/s1. The van der Waals surface area contributed by atoms with Crippen LogP contribution in [-0.4, -0.2) is 33.4 Å². The number of benzene rings is 2. The summed E-state index contributed by atoms with van der Waals surface area (Å²) in [6.45, 7) is 1.84. The van der Waals surface area contributed by atoms with Crippen molar-refractivity contribution in [3.8, 4) is 0 Å². The molecular weight excluding hydrogens is 344 g/mol. The molecule has 7 heteroatoms. The number of rotatable bonds is 2. The summed E-state index contributed by atoms with van der Waals surface area (Å²) in [5, 5.41) is 10.2. The highest BCUT2D eigenvalue weighted by molar-refractivity contribution is 6.34. The van der Waals surface area contributed by atoms with Gasteiger partial charge in [-0.25, -0.2) is 4.90 Å². The fourth-order valence-electron chi connectivity index (χ4n) is 3.89. The molecule has 0 unspecified atom stereocenters. The van der Waals surface area contributed by atoms with Gasteiger partial charge in [0.1, 0.15) is 11.6 Å². The molecule has 1 aromatic heterocycles. The van der Waals surface area contributed by atoms with E-state index in [0.29, 0.717) is 11.4 Å². The Labute approximate surface area is 154 Å². The Morgan fingerprint density at radius 2 is 1.81 bits per heavy atom. The maximum Gasteiger partial charge on any atom is 0.278 e. The van der Waals surface area contributed by atoms with Crippen LogP contribution >= 0.6 is 0 Å². The lowest BCUT2D eigenvalue weighted by atomic mass is 9.94. The lowest BCUT2D eigenvalue weighted by molar-refractivity contribution is -0.126. The average molecular weight is 360 g/mol. The molecule has 2 aliphatic heterocycles. The number of imide groups is 1. The van der Waals surface area contributed by atoms with Crippen molar-refractivity contribution >= 4 is 34.0 Å². The van der Waals surface area contributed by atoms with Crippen molar-refractivity contribution in [2.75, 3.05) is 4.90 Å². The minimum absolute atomic E-state index is 0.319. The van der Waals surface area contributed by atoms with Gasteiger partial charge in [0, 0.05) is 24.2 Å². The molecule has 2 amide bonds. The third-order valence-electron chi connectivity index (χ3n) is 5.11. The molecule has 2 atom stereocenters. The number of amides is 2. The number of aryl methyl sites for hydroxylation is 2. The molecule has 0 aliphatic carbocycles. The monoisotopic (exact) mass is 360 g/mol. The van der Waals surface area contributed by atoms with Gasteiger partial charge in [-0.3, -0.25) is 14.3 Å².